The van der Waals surface area contributed by atoms with Crippen LogP contribution in [0.5, 0.6) is 0 Å². The standard InChI is InChI=1S/C11H20FNO2S2/c1-7(10(14)15)9(6-12)11(8(2)13)16-4-3-5-17-11/h7-9H,3-6,13H2,1-2H3,(H,14,15). The highest BCUT2D eigenvalue weighted by Gasteiger charge is 2.48. The summed E-state index contributed by atoms with van der Waals surface area (Å²) in [4.78, 5) is 11.1. The van der Waals surface area contributed by atoms with Gasteiger partial charge in [0, 0.05) is 12.0 Å². The first-order chi connectivity index (χ1) is 7.95. The maximum absolute atomic E-state index is 13.3. The first kappa shape index (κ1) is 15.1. The van der Waals surface area contributed by atoms with Crippen LogP contribution in [0.4, 0.5) is 4.39 Å². The third-order valence-corrected chi connectivity index (χ3v) is 7.20. The molecule has 0 radical (unpaired) electrons. The van der Waals surface area contributed by atoms with Crippen LogP contribution < -0.4 is 5.73 Å². The Morgan fingerprint density at radius 1 is 1.47 bits per heavy atom. The molecular formula is C11H20FNO2S2. The molecule has 0 aromatic heterocycles. The average Bonchev–Trinajstić information content (AvgIpc) is 2.30. The van der Waals surface area contributed by atoms with Gasteiger partial charge in [0.15, 0.2) is 0 Å². The summed E-state index contributed by atoms with van der Waals surface area (Å²) in [6, 6.07) is -0.222. The zero-order valence-corrected chi connectivity index (χ0v) is 11.8. The van der Waals surface area contributed by atoms with E-state index in [1.807, 2.05) is 6.92 Å². The summed E-state index contributed by atoms with van der Waals surface area (Å²) >= 11 is 3.26. The van der Waals surface area contributed by atoms with E-state index in [0.717, 1.165) is 17.9 Å². The molecule has 1 fully saturated rings. The van der Waals surface area contributed by atoms with Crippen molar-refractivity contribution in [3.63, 3.8) is 0 Å². The van der Waals surface area contributed by atoms with Gasteiger partial charge in [-0.15, -0.1) is 23.5 Å². The predicted octanol–water partition coefficient (Wildman–Crippen LogP) is 2.21. The van der Waals surface area contributed by atoms with Crippen LogP contribution in [0.15, 0.2) is 0 Å². The number of carbonyl (C=O) groups is 1. The van der Waals surface area contributed by atoms with Crippen LogP contribution in [0, 0.1) is 11.8 Å². The van der Waals surface area contributed by atoms with E-state index in [4.69, 9.17) is 10.8 Å². The predicted molar refractivity (Wildman–Crippen MR) is 72.2 cm³/mol. The summed E-state index contributed by atoms with van der Waals surface area (Å²) in [5.41, 5.74) is 6.02. The zero-order chi connectivity index (χ0) is 13.1. The Bertz CT molecular complexity index is 270. The van der Waals surface area contributed by atoms with Crippen LogP contribution in [-0.4, -0.2) is 39.4 Å². The molecule has 6 heteroatoms. The van der Waals surface area contributed by atoms with Gasteiger partial charge in [0.05, 0.1) is 16.7 Å². The highest BCUT2D eigenvalue weighted by molar-refractivity contribution is 8.18. The third-order valence-electron chi connectivity index (χ3n) is 3.25. The number of halogens is 1. The van der Waals surface area contributed by atoms with Crippen LogP contribution in [0.3, 0.4) is 0 Å². The molecule has 17 heavy (non-hydrogen) atoms. The molecular weight excluding hydrogens is 261 g/mol. The van der Waals surface area contributed by atoms with E-state index in [-0.39, 0.29) is 6.04 Å². The molecule has 1 rings (SSSR count). The first-order valence-electron chi connectivity index (χ1n) is 5.78. The molecule has 1 aliphatic heterocycles. The number of hydrogen-bond donors (Lipinski definition) is 2. The molecule has 0 aromatic rings. The molecule has 0 aromatic carbocycles. The Morgan fingerprint density at radius 3 is 2.35 bits per heavy atom. The minimum atomic E-state index is -0.945. The van der Waals surface area contributed by atoms with Gasteiger partial charge in [0.2, 0.25) is 0 Å². The molecule has 0 spiro atoms. The number of rotatable bonds is 5. The lowest BCUT2D eigenvalue weighted by Crippen LogP contribution is -2.52. The van der Waals surface area contributed by atoms with E-state index in [1.54, 1.807) is 30.4 Å². The number of alkyl halides is 1. The summed E-state index contributed by atoms with van der Waals surface area (Å²) < 4.78 is 12.8. The van der Waals surface area contributed by atoms with E-state index in [2.05, 4.69) is 0 Å². The number of thioether (sulfide) groups is 2. The van der Waals surface area contributed by atoms with Gasteiger partial charge >= 0.3 is 5.97 Å². The maximum Gasteiger partial charge on any atom is 0.306 e. The number of aliphatic carboxylic acids is 1. The van der Waals surface area contributed by atoms with Crippen LogP contribution in [0.2, 0.25) is 0 Å². The molecule has 3 nitrogen and oxygen atoms in total. The van der Waals surface area contributed by atoms with Gasteiger partial charge in [0.25, 0.3) is 0 Å². The van der Waals surface area contributed by atoms with Crippen molar-refractivity contribution in [1.82, 2.24) is 0 Å². The second-order valence-corrected chi connectivity index (χ2v) is 7.45. The van der Waals surface area contributed by atoms with Crippen molar-refractivity contribution in [2.45, 2.75) is 30.4 Å². The van der Waals surface area contributed by atoms with Crippen LogP contribution in [-0.2, 0) is 4.79 Å². The van der Waals surface area contributed by atoms with Gasteiger partial charge < -0.3 is 10.8 Å². The smallest absolute Gasteiger partial charge is 0.306 e. The second kappa shape index (κ2) is 6.29. The quantitative estimate of drug-likeness (QED) is 0.809. The zero-order valence-electron chi connectivity index (χ0n) is 10.2. The average molecular weight is 281 g/mol. The molecule has 3 atom stereocenters. The molecule has 3 N–H and O–H groups in total. The molecule has 0 bridgehead atoms. The van der Waals surface area contributed by atoms with Gasteiger partial charge in [-0.3, -0.25) is 9.18 Å². The molecule has 0 saturated carbocycles. The van der Waals surface area contributed by atoms with Gasteiger partial charge in [-0.1, -0.05) is 6.92 Å². The normalized spacial score (nSPS) is 24.9. The number of hydrogen-bond acceptors (Lipinski definition) is 4. The van der Waals surface area contributed by atoms with E-state index in [1.165, 1.54) is 0 Å². The molecule has 1 heterocycles. The van der Waals surface area contributed by atoms with Gasteiger partial charge in [-0.05, 0) is 24.9 Å². The Morgan fingerprint density at radius 2 is 2.00 bits per heavy atom. The second-order valence-electron chi connectivity index (χ2n) is 4.45. The highest BCUT2D eigenvalue weighted by Crippen LogP contribution is 2.51. The van der Waals surface area contributed by atoms with Gasteiger partial charge in [-0.2, -0.15) is 0 Å². The molecule has 1 aliphatic rings. The monoisotopic (exact) mass is 281 g/mol. The number of carboxylic acid groups (broad SMARTS) is 1. The minimum Gasteiger partial charge on any atom is -0.481 e. The van der Waals surface area contributed by atoms with Crippen molar-refractivity contribution in [2.75, 3.05) is 18.2 Å². The fourth-order valence-corrected chi connectivity index (χ4v) is 5.86. The van der Waals surface area contributed by atoms with E-state index in [9.17, 15) is 9.18 Å². The topological polar surface area (TPSA) is 63.3 Å². The van der Waals surface area contributed by atoms with Crippen molar-refractivity contribution >= 4 is 29.5 Å². The molecule has 1 saturated heterocycles. The lowest BCUT2D eigenvalue weighted by atomic mass is 9.88. The van der Waals surface area contributed by atoms with Gasteiger partial charge in [0.1, 0.15) is 0 Å². The van der Waals surface area contributed by atoms with E-state index < -0.39 is 28.6 Å². The summed E-state index contributed by atoms with van der Waals surface area (Å²) in [6.45, 7) is 2.80. The third kappa shape index (κ3) is 3.09. The lowest BCUT2D eigenvalue weighted by molar-refractivity contribution is -0.143. The van der Waals surface area contributed by atoms with Crippen molar-refractivity contribution in [1.29, 1.82) is 0 Å². The van der Waals surface area contributed by atoms with Crippen LogP contribution in [0.1, 0.15) is 20.3 Å². The SMILES string of the molecule is CC(C(=O)O)C(CF)C1(C(C)N)SCCCS1. The minimum absolute atomic E-state index is 0.222. The van der Waals surface area contributed by atoms with Crippen molar-refractivity contribution < 1.29 is 14.3 Å². The van der Waals surface area contributed by atoms with Gasteiger partial charge in [-0.25, -0.2) is 0 Å². The first-order valence-corrected chi connectivity index (χ1v) is 7.75. The van der Waals surface area contributed by atoms with Crippen molar-refractivity contribution in [3.05, 3.63) is 0 Å². The number of carboxylic acids is 1. The lowest BCUT2D eigenvalue weighted by Gasteiger charge is -2.45. The Hall–Kier alpha value is 0.0600. The summed E-state index contributed by atoms with van der Waals surface area (Å²) in [7, 11) is 0. The fourth-order valence-electron chi connectivity index (χ4n) is 2.14. The molecule has 0 amide bonds. The largest absolute Gasteiger partial charge is 0.481 e. The molecule has 3 unspecified atom stereocenters. The van der Waals surface area contributed by atoms with E-state index in [0.29, 0.717) is 0 Å². The summed E-state index contributed by atoms with van der Waals surface area (Å²) in [5.74, 6) is -0.326. The maximum atomic E-state index is 13.3. The van der Waals surface area contributed by atoms with Crippen LogP contribution >= 0.6 is 23.5 Å². The van der Waals surface area contributed by atoms with Crippen molar-refractivity contribution in [2.24, 2.45) is 17.6 Å². The number of nitrogens with two attached hydrogens (primary N) is 1. The Labute approximate surface area is 110 Å². The summed E-state index contributed by atoms with van der Waals surface area (Å²) in [6.07, 6.45) is 1.07. The molecule has 100 valence electrons. The summed E-state index contributed by atoms with van der Waals surface area (Å²) in [5, 5.41) is 9.08. The Kier molecular flexibility index (Phi) is 5.60. The highest BCUT2D eigenvalue weighted by atomic mass is 32.2. The van der Waals surface area contributed by atoms with Crippen molar-refractivity contribution in [3.8, 4) is 0 Å². The Balaban J connectivity index is 2.97. The van der Waals surface area contributed by atoms with E-state index >= 15 is 0 Å². The fraction of sp³-hybridized carbons (Fsp3) is 0.909. The molecule has 0 aliphatic carbocycles. The van der Waals surface area contributed by atoms with Crippen LogP contribution in [0.25, 0.3) is 0 Å².